The number of aromatic carboxylic acids is 2. The molecule has 0 spiro atoms. The molecule has 2 aromatic rings. The Kier molecular flexibility index (Phi) is 10.4. The van der Waals surface area contributed by atoms with Crippen LogP contribution < -0.4 is 0 Å². The molecular weight excluding hydrogens is 456 g/mol. The van der Waals surface area contributed by atoms with E-state index in [1.807, 2.05) is 24.3 Å². The molecular formula is C30H42O4S. The fraction of sp³-hybridized carbons (Fsp3) is 0.533. The van der Waals surface area contributed by atoms with Crippen molar-refractivity contribution in [1.29, 1.82) is 0 Å². The Balaban J connectivity index is 2.51. The lowest BCUT2D eigenvalue weighted by atomic mass is 9.80. The lowest BCUT2D eigenvalue weighted by Gasteiger charge is -2.27. The van der Waals surface area contributed by atoms with Crippen LogP contribution >= 0.6 is 11.8 Å². The van der Waals surface area contributed by atoms with Crippen LogP contribution in [0.15, 0.2) is 46.2 Å². The molecule has 0 aromatic heterocycles. The van der Waals surface area contributed by atoms with E-state index in [0.29, 0.717) is 9.79 Å². The van der Waals surface area contributed by atoms with Crippen LogP contribution in [0.2, 0.25) is 0 Å². The van der Waals surface area contributed by atoms with Crippen molar-refractivity contribution < 1.29 is 19.8 Å². The number of carboxylic acids is 2. The van der Waals surface area contributed by atoms with Crippen LogP contribution in [-0.4, -0.2) is 22.2 Å². The fourth-order valence-electron chi connectivity index (χ4n) is 4.45. The first-order chi connectivity index (χ1) is 16.4. The topological polar surface area (TPSA) is 74.6 Å². The molecule has 35 heavy (non-hydrogen) atoms. The van der Waals surface area contributed by atoms with Gasteiger partial charge in [0.2, 0.25) is 0 Å². The summed E-state index contributed by atoms with van der Waals surface area (Å²) in [5.74, 6) is -2.01. The van der Waals surface area contributed by atoms with Gasteiger partial charge in [-0.25, -0.2) is 9.59 Å². The fourth-order valence-corrected chi connectivity index (χ4v) is 5.59. The molecule has 0 amide bonds. The molecule has 2 aromatic carbocycles. The van der Waals surface area contributed by atoms with Gasteiger partial charge in [0, 0.05) is 9.79 Å². The molecule has 0 heterocycles. The zero-order valence-electron chi connectivity index (χ0n) is 22.2. The lowest BCUT2D eigenvalue weighted by Crippen LogP contribution is -2.18. The number of hydrogen-bond acceptors (Lipinski definition) is 3. The Bertz CT molecular complexity index is 942. The van der Waals surface area contributed by atoms with E-state index in [-0.39, 0.29) is 22.0 Å². The summed E-state index contributed by atoms with van der Waals surface area (Å²) < 4.78 is 0. The highest BCUT2D eigenvalue weighted by Crippen LogP contribution is 2.40. The SMILES string of the molecule is CCCCCC(C)(C)c1ccc(C(=O)O)c(Sc2cc(C(C)(C)CCCCC)ccc2C(=O)O)c1. The number of hydrogen-bond donors (Lipinski definition) is 2. The van der Waals surface area contributed by atoms with Crippen molar-refractivity contribution in [3.63, 3.8) is 0 Å². The van der Waals surface area contributed by atoms with E-state index in [1.165, 1.54) is 24.6 Å². The van der Waals surface area contributed by atoms with Gasteiger partial charge in [0.25, 0.3) is 0 Å². The van der Waals surface area contributed by atoms with Crippen molar-refractivity contribution in [3.05, 3.63) is 58.7 Å². The molecule has 0 aliphatic rings. The first-order valence-electron chi connectivity index (χ1n) is 12.9. The van der Waals surface area contributed by atoms with E-state index in [2.05, 4.69) is 41.5 Å². The summed E-state index contributed by atoms with van der Waals surface area (Å²) in [7, 11) is 0. The minimum absolute atomic E-state index is 0.0970. The second-order valence-corrected chi connectivity index (χ2v) is 11.9. The smallest absolute Gasteiger partial charge is 0.336 e. The quantitative estimate of drug-likeness (QED) is 0.254. The molecule has 0 bridgehead atoms. The van der Waals surface area contributed by atoms with Crippen LogP contribution in [0.5, 0.6) is 0 Å². The second-order valence-electron chi connectivity index (χ2n) is 10.8. The Morgan fingerprint density at radius 3 is 1.37 bits per heavy atom. The summed E-state index contributed by atoms with van der Waals surface area (Å²) in [6.07, 6.45) is 8.90. The maximum atomic E-state index is 12.0. The number of carboxylic acid groups (broad SMARTS) is 2. The number of unbranched alkanes of at least 4 members (excludes halogenated alkanes) is 4. The standard InChI is InChI=1S/C30H42O4S/c1-7-9-11-17-29(3,4)21-13-15-23(27(31)32)25(19-21)35-26-20-22(14-16-24(26)28(33)34)30(5,6)18-12-10-8-2/h13-16,19-20H,7-12,17-18H2,1-6H3,(H,31,32)(H,33,34). The third kappa shape index (κ3) is 7.86. The van der Waals surface area contributed by atoms with Gasteiger partial charge in [-0.3, -0.25) is 0 Å². The maximum absolute atomic E-state index is 12.0. The van der Waals surface area contributed by atoms with Crippen molar-refractivity contribution in [3.8, 4) is 0 Å². The van der Waals surface area contributed by atoms with Gasteiger partial charge >= 0.3 is 11.9 Å². The van der Waals surface area contributed by atoms with Crippen molar-refractivity contribution in [2.24, 2.45) is 0 Å². The summed E-state index contributed by atoms with van der Waals surface area (Å²) in [5, 5.41) is 19.7. The van der Waals surface area contributed by atoms with Crippen LogP contribution in [0.1, 0.15) is 125 Å². The molecule has 0 aliphatic carbocycles. The summed E-state index contributed by atoms with van der Waals surface area (Å²) in [4.78, 5) is 25.3. The van der Waals surface area contributed by atoms with Gasteiger partial charge in [0.1, 0.15) is 0 Å². The highest BCUT2D eigenvalue weighted by Gasteiger charge is 2.26. The molecule has 2 rings (SSSR count). The summed E-state index contributed by atoms with van der Waals surface area (Å²) in [6.45, 7) is 13.1. The molecule has 0 aliphatic heterocycles. The molecule has 0 saturated carbocycles. The van der Waals surface area contributed by atoms with Crippen molar-refractivity contribution in [2.45, 2.75) is 114 Å². The first kappa shape index (κ1) is 29.0. The van der Waals surface area contributed by atoms with Crippen LogP contribution in [0, 0.1) is 0 Å². The van der Waals surface area contributed by atoms with Crippen LogP contribution in [0.4, 0.5) is 0 Å². The molecule has 5 heteroatoms. The number of benzene rings is 2. The number of carbonyl (C=O) groups is 2. The molecule has 192 valence electrons. The van der Waals surface area contributed by atoms with Gasteiger partial charge in [-0.05, 0) is 59.1 Å². The van der Waals surface area contributed by atoms with Crippen molar-refractivity contribution in [2.75, 3.05) is 0 Å². The molecule has 2 N–H and O–H groups in total. The summed E-state index contributed by atoms with van der Waals surface area (Å²) in [6, 6.07) is 11.0. The van der Waals surface area contributed by atoms with Crippen LogP contribution in [0.25, 0.3) is 0 Å². The first-order valence-corrected chi connectivity index (χ1v) is 13.7. The Morgan fingerprint density at radius 1 is 0.686 bits per heavy atom. The number of rotatable bonds is 14. The van der Waals surface area contributed by atoms with Crippen LogP contribution in [-0.2, 0) is 10.8 Å². The van der Waals surface area contributed by atoms with Crippen LogP contribution in [0.3, 0.4) is 0 Å². The summed E-state index contributed by atoms with van der Waals surface area (Å²) in [5.41, 5.74) is 2.36. The third-order valence-electron chi connectivity index (χ3n) is 7.02. The minimum Gasteiger partial charge on any atom is -0.478 e. The Morgan fingerprint density at radius 2 is 1.06 bits per heavy atom. The average Bonchev–Trinajstić information content (AvgIpc) is 2.79. The second kappa shape index (κ2) is 12.6. The minimum atomic E-state index is -1.00. The lowest BCUT2D eigenvalue weighted by molar-refractivity contribution is 0.0683. The van der Waals surface area contributed by atoms with Gasteiger partial charge < -0.3 is 10.2 Å². The maximum Gasteiger partial charge on any atom is 0.336 e. The Hall–Kier alpha value is -2.27. The van der Waals surface area contributed by atoms with E-state index in [9.17, 15) is 19.8 Å². The van der Waals surface area contributed by atoms with E-state index in [4.69, 9.17) is 0 Å². The molecule has 0 saturated heterocycles. The van der Waals surface area contributed by atoms with E-state index < -0.39 is 11.9 Å². The molecule has 0 atom stereocenters. The zero-order chi connectivity index (χ0) is 26.2. The molecule has 0 radical (unpaired) electrons. The van der Waals surface area contributed by atoms with Gasteiger partial charge in [0.15, 0.2) is 0 Å². The van der Waals surface area contributed by atoms with E-state index in [0.717, 1.165) is 49.7 Å². The van der Waals surface area contributed by atoms with E-state index >= 15 is 0 Å². The molecule has 4 nitrogen and oxygen atoms in total. The largest absolute Gasteiger partial charge is 0.478 e. The summed E-state index contributed by atoms with van der Waals surface area (Å²) >= 11 is 1.25. The third-order valence-corrected chi connectivity index (χ3v) is 8.13. The molecule has 0 fully saturated rings. The highest BCUT2D eigenvalue weighted by molar-refractivity contribution is 7.99. The monoisotopic (exact) mass is 498 g/mol. The molecule has 0 unspecified atom stereocenters. The zero-order valence-corrected chi connectivity index (χ0v) is 23.1. The van der Waals surface area contributed by atoms with E-state index in [1.54, 1.807) is 12.1 Å². The highest BCUT2D eigenvalue weighted by atomic mass is 32.2. The van der Waals surface area contributed by atoms with Gasteiger partial charge in [0.05, 0.1) is 11.1 Å². The van der Waals surface area contributed by atoms with Gasteiger partial charge in [-0.15, -0.1) is 0 Å². The normalized spacial score (nSPS) is 12.1. The van der Waals surface area contributed by atoms with Crippen molar-refractivity contribution in [1.82, 2.24) is 0 Å². The Labute approximate surface area is 215 Å². The predicted molar refractivity (Wildman–Crippen MR) is 145 cm³/mol. The predicted octanol–water partition coefficient (Wildman–Crippen LogP) is 8.95. The van der Waals surface area contributed by atoms with Gasteiger partial charge in [-0.1, -0.05) is 104 Å². The van der Waals surface area contributed by atoms with Gasteiger partial charge in [-0.2, -0.15) is 0 Å². The van der Waals surface area contributed by atoms with Crippen molar-refractivity contribution >= 4 is 23.7 Å². The average molecular weight is 499 g/mol.